The predicted octanol–water partition coefficient (Wildman–Crippen LogP) is -0.719. The Morgan fingerprint density at radius 1 is 1.60 bits per heavy atom. The van der Waals surface area contributed by atoms with E-state index < -0.39 is 31.0 Å². The third-order valence-electron chi connectivity index (χ3n) is 1.46. The molecule has 4 N–H and O–H groups in total. The molecule has 0 aromatic rings. The summed E-state index contributed by atoms with van der Waals surface area (Å²) < 4.78 is 23.8. The Kier molecular flexibility index (Phi) is 6.42. The van der Waals surface area contributed by atoms with E-state index in [1.54, 1.807) is 0 Å². The zero-order chi connectivity index (χ0) is 12.1. The first-order valence-electron chi connectivity index (χ1n) is 4.14. The molecule has 0 saturated carbocycles. The Morgan fingerprint density at radius 2 is 2.13 bits per heavy atom. The second-order valence-electron chi connectivity index (χ2n) is 2.97. The van der Waals surface area contributed by atoms with Crippen LogP contribution in [0.1, 0.15) is 13.3 Å². The van der Waals surface area contributed by atoms with Gasteiger partial charge in [0.15, 0.2) is 0 Å². The molecule has 90 valence electrons. The van der Waals surface area contributed by atoms with Crippen LogP contribution in [0.25, 0.3) is 0 Å². The van der Waals surface area contributed by atoms with Crippen molar-refractivity contribution >= 4 is 24.9 Å². The number of carbonyl (C=O) groups is 1. The summed E-state index contributed by atoms with van der Waals surface area (Å²) in [5, 5.41) is 8.46. The highest BCUT2D eigenvalue weighted by atomic mass is 32.2. The number of rotatable bonds is 7. The van der Waals surface area contributed by atoms with Crippen molar-refractivity contribution < 1.29 is 28.8 Å². The van der Waals surface area contributed by atoms with E-state index in [1.807, 2.05) is 0 Å². The maximum Gasteiger partial charge on any atom is 0.325 e. The van der Waals surface area contributed by atoms with Crippen LogP contribution in [0.3, 0.4) is 0 Å². The van der Waals surface area contributed by atoms with Crippen LogP contribution in [0.4, 0.5) is 0 Å². The quantitative estimate of drug-likeness (QED) is 0.350. The van der Waals surface area contributed by atoms with Gasteiger partial charge in [-0.2, -0.15) is 0 Å². The molecule has 9 heteroatoms. The fourth-order valence-corrected chi connectivity index (χ4v) is 2.51. The molecule has 0 aromatic carbocycles. The Balaban J connectivity index is 3.71. The summed E-state index contributed by atoms with van der Waals surface area (Å²) in [7, 11) is -4.05. The summed E-state index contributed by atoms with van der Waals surface area (Å²) in [6.07, 6.45) is -0.266. The standard InChI is InChI=1S/C6H14NO6PS/c1-5(6(8)9)7-15(13)4-2-3-14(10,11)12/h5,7H,2-4H2,1H3,(H,8,9)(H2,10,11,12)/t5-,15?/m1/s1. The predicted molar refractivity (Wildman–Crippen MR) is 54.8 cm³/mol. The van der Waals surface area contributed by atoms with Crippen LogP contribution in [0, 0.1) is 0 Å². The van der Waals surface area contributed by atoms with Crippen LogP contribution < -0.4 is 4.72 Å². The molecule has 0 saturated heterocycles. The highest BCUT2D eigenvalue weighted by Crippen LogP contribution is 2.34. The lowest BCUT2D eigenvalue weighted by atomic mass is 10.4. The van der Waals surface area contributed by atoms with E-state index >= 15 is 0 Å². The summed E-state index contributed by atoms with van der Waals surface area (Å²) in [6, 6.07) is -0.944. The first-order chi connectivity index (χ1) is 6.72. The molecule has 0 bridgehead atoms. The normalized spacial score (nSPS) is 16.0. The van der Waals surface area contributed by atoms with E-state index in [0.29, 0.717) is 0 Å². The summed E-state index contributed by atoms with van der Waals surface area (Å²) in [5.41, 5.74) is 0. The van der Waals surface area contributed by atoms with Gasteiger partial charge in [-0.05, 0) is 6.92 Å². The average molecular weight is 259 g/mol. The number of aliphatic carboxylic acids is 1. The topological polar surface area (TPSA) is 130 Å². The van der Waals surface area contributed by atoms with Crippen molar-refractivity contribution in [2.75, 3.05) is 11.9 Å². The highest BCUT2D eigenvalue weighted by molar-refractivity contribution is 7.89. The number of carboxylic acids is 1. The SMILES string of the molecule is C[C@@H](N[S+]([O-])CCCP(=O)(O)O)C(=O)O. The molecular weight excluding hydrogens is 245 g/mol. The van der Waals surface area contributed by atoms with Gasteiger partial charge in [0, 0.05) is 17.8 Å². The smallest absolute Gasteiger partial charge is 0.325 e. The minimum Gasteiger partial charge on any atom is -0.598 e. The molecule has 0 amide bonds. The number of carboxylic acid groups (broad SMARTS) is 1. The molecule has 1 unspecified atom stereocenters. The van der Waals surface area contributed by atoms with Crippen molar-refractivity contribution in [3.8, 4) is 0 Å². The monoisotopic (exact) mass is 259 g/mol. The van der Waals surface area contributed by atoms with E-state index in [2.05, 4.69) is 4.72 Å². The zero-order valence-corrected chi connectivity index (χ0v) is 9.83. The largest absolute Gasteiger partial charge is 0.598 e. The van der Waals surface area contributed by atoms with Crippen molar-refractivity contribution in [3.05, 3.63) is 0 Å². The maximum atomic E-state index is 11.1. The van der Waals surface area contributed by atoms with Crippen LogP contribution >= 0.6 is 7.60 Å². The first kappa shape index (κ1) is 14.9. The fourth-order valence-electron chi connectivity index (χ4n) is 0.708. The van der Waals surface area contributed by atoms with Crippen LogP contribution in [0.2, 0.25) is 0 Å². The maximum absolute atomic E-state index is 11.1. The van der Waals surface area contributed by atoms with Gasteiger partial charge in [-0.15, -0.1) is 4.72 Å². The summed E-state index contributed by atoms with van der Waals surface area (Å²) >= 11 is -1.58. The zero-order valence-electron chi connectivity index (χ0n) is 8.12. The molecule has 2 atom stereocenters. The third kappa shape index (κ3) is 8.86. The van der Waals surface area contributed by atoms with Crippen molar-refractivity contribution in [2.45, 2.75) is 19.4 Å². The van der Waals surface area contributed by atoms with Crippen LogP contribution in [-0.4, -0.2) is 43.4 Å². The Hall–Kier alpha value is -0.110. The fraction of sp³-hybridized carbons (Fsp3) is 0.833. The van der Waals surface area contributed by atoms with Crippen molar-refractivity contribution in [2.24, 2.45) is 0 Å². The molecule has 0 aliphatic heterocycles. The molecule has 0 rings (SSSR count). The molecule has 15 heavy (non-hydrogen) atoms. The number of hydrogen-bond donors (Lipinski definition) is 4. The molecule has 0 heterocycles. The molecule has 0 aliphatic carbocycles. The van der Waals surface area contributed by atoms with Crippen LogP contribution in [0.15, 0.2) is 0 Å². The van der Waals surface area contributed by atoms with Gasteiger partial charge < -0.3 is 19.4 Å². The Morgan fingerprint density at radius 3 is 2.53 bits per heavy atom. The van der Waals surface area contributed by atoms with Crippen LogP contribution in [0.5, 0.6) is 0 Å². The van der Waals surface area contributed by atoms with Crippen molar-refractivity contribution in [1.29, 1.82) is 0 Å². The second kappa shape index (κ2) is 6.47. The summed E-state index contributed by atoms with van der Waals surface area (Å²) in [5.74, 6) is -1.11. The Labute approximate surface area is 90.4 Å². The van der Waals surface area contributed by atoms with E-state index in [0.717, 1.165) is 0 Å². The van der Waals surface area contributed by atoms with E-state index in [4.69, 9.17) is 14.9 Å². The van der Waals surface area contributed by atoms with Gasteiger partial charge in [-0.25, -0.2) is 0 Å². The van der Waals surface area contributed by atoms with Gasteiger partial charge in [0.25, 0.3) is 0 Å². The molecule has 0 fully saturated rings. The van der Waals surface area contributed by atoms with Crippen LogP contribution in [-0.2, 0) is 20.7 Å². The lowest BCUT2D eigenvalue weighted by Crippen LogP contribution is -2.39. The van der Waals surface area contributed by atoms with Gasteiger partial charge >= 0.3 is 13.6 Å². The second-order valence-corrected chi connectivity index (χ2v) is 6.08. The van der Waals surface area contributed by atoms with Gasteiger partial charge in [-0.3, -0.25) is 9.36 Å². The lowest BCUT2D eigenvalue weighted by Gasteiger charge is -2.13. The molecule has 0 spiro atoms. The summed E-state index contributed by atoms with van der Waals surface area (Å²) in [4.78, 5) is 27.3. The Bertz CT molecular complexity index is 256. The molecular formula is C6H14NO6PS. The van der Waals surface area contributed by atoms with E-state index in [1.165, 1.54) is 6.92 Å². The van der Waals surface area contributed by atoms with Gasteiger partial charge in [-0.1, -0.05) is 0 Å². The lowest BCUT2D eigenvalue weighted by molar-refractivity contribution is -0.138. The first-order valence-corrected chi connectivity index (χ1v) is 7.26. The van der Waals surface area contributed by atoms with Gasteiger partial charge in [0.2, 0.25) is 0 Å². The molecule has 0 radical (unpaired) electrons. The number of hydrogen-bond acceptors (Lipinski definition) is 4. The van der Waals surface area contributed by atoms with Gasteiger partial charge in [0.1, 0.15) is 11.8 Å². The van der Waals surface area contributed by atoms with Gasteiger partial charge in [0.05, 0.1) is 6.16 Å². The molecule has 7 nitrogen and oxygen atoms in total. The van der Waals surface area contributed by atoms with E-state index in [9.17, 15) is 13.9 Å². The van der Waals surface area contributed by atoms with Crippen molar-refractivity contribution in [1.82, 2.24) is 4.72 Å². The minimum atomic E-state index is -4.05. The minimum absolute atomic E-state index is 0.0166. The average Bonchev–Trinajstić information content (AvgIpc) is 2.01. The van der Waals surface area contributed by atoms with Crippen molar-refractivity contribution in [3.63, 3.8) is 0 Å². The number of nitrogens with one attached hydrogen (secondary N) is 1. The molecule has 0 aromatic heterocycles. The van der Waals surface area contributed by atoms with E-state index in [-0.39, 0.29) is 18.3 Å². The third-order valence-corrected chi connectivity index (χ3v) is 3.63. The summed E-state index contributed by atoms with van der Waals surface area (Å²) in [6.45, 7) is 1.34. The molecule has 0 aliphatic rings. The highest BCUT2D eigenvalue weighted by Gasteiger charge is 2.19.